The van der Waals surface area contributed by atoms with Gasteiger partial charge in [0.1, 0.15) is 0 Å². The van der Waals surface area contributed by atoms with Crippen LogP contribution in [0.3, 0.4) is 0 Å². The van der Waals surface area contributed by atoms with Crippen LogP contribution in [0.5, 0.6) is 0 Å². The summed E-state index contributed by atoms with van der Waals surface area (Å²) in [6.07, 6.45) is 1.59. The van der Waals surface area contributed by atoms with Gasteiger partial charge in [0.05, 0.1) is 5.92 Å². The molecule has 0 radical (unpaired) electrons. The molecular formula is C22H28ClN3O2. The Morgan fingerprint density at radius 2 is 1.86 bits per heavy atom. The quantitative estimate of drug-likeness (QED) is 0.748. The second-order valence-electron chi connectivity index (χ2n) is 7.18. The van der Waals surface area contributed by atoms with Crippen molar-refractivity contribution in [2.45, 2.75) is 38.9 Å². The van der Waals surface area contributed by atoms with Gasteiger partial charge in [-0.05, 0) is 23.1 Å². The zero-order chi connectivity index (χ0) is 19.2. The molecular weight excluding hydrogens is 374 g/mol. The SMILES string of the molecule is CC(C(=O)NCc1cccc(CN2CCCC2=O)c1)C(N)c1ccccc1.Cl. The van der Waals surface area contributed by atoms with Gasteiger partial charge in [0.15, 0.2) is 0 Å². The summed E-state index contributed by atoms with van der Waals surface area (Å²) in [4.78, 5) is 26.2. The number of carbonyl (C=O) groups is 2. The molecule has 3 N–H and O–H groups in total. The molecule has 6 heteroatoms. The molecule has 3 rings (SSSR count). The van der Waals surface area contributed by atoms with Gasteiger partial charge >= 0.3 is 0 Å². The summed E-state index contributed by atoms with van der Waals surface area (Å²) < 4.78 is 0. The molecule has 2 unspecified atom stereocenters. The van der Waals surface area contributed by atoms with Crippen LogP contribution >= 0.6 is 12.4 Å². The van der Waals surface area contributed by atoms with E-state index in [4.69, 9.17) is 5.73 Å². The van der Waals surface area contributed by atoms with Crippen molar-refractivity contribution in [3.8, 4) is 0 Å². The third-order valence-electron chi connectivity index (χ3n) is 5.14. The molecule has 1 saturated heterocycles. The lowest BCUT2D eigenvalue weighted by molar-refractivity contribution is -0.128. The Kier molecular flexibility index (Phi) is 8.03. The lowest BCUT2D eigenvalue weighted by atomic mass is 9.94. The van der Waals surface area contributed by atoms with Crippen molar-refractivity contribution in [2.75, 3.05) is 6.54 Å². The van der Waals surface area contributed by atoms with E-state index in [0.717, 1.165) is 29.7 Å². The predicted molar refractivity (Wildman–Crippen MR) is 113 cm³/mol. The van der Waals surface area contributed by atoms with E-state index in [1.165, 1.54) is 0 Å². The van der Waals surface area contributed by atoms with Gasteiger partial charge in [-0.15, -0.1) is 12.4 Å². The Labute approximate surface area is 172 Å². The number of hydrogen-bond donors (Lipinski definition) is 2. The molecule has 28 heavy (non-hydrogen) atoms. The van der Waals surface area contributed by atoms with Crippen LogP contribution in [0.4, 0.5) is 0 Å². The Hall–Kier alpha value is -2.37. The predicted octanol–water partition coefficient (Wildman–Crippen LogP) is 3.18. The van der Waals surface area contributed by atoms with E-state index in [1.54, 1.807) is 0 Å². The van der Waals surface area contributed by atoms with Crippen molar-refractivity contribution >= 4 is 24.2 Å². The number of halogens is 1. The molecule has 0 saturated carbocycles. The summed E-state index contributed by atoms with van der Waals surface area (Å²) in [5.41, 5.74) is 9.30. The van der Waals surface area contributed by atoms with Gasteiger partial charge in [-0.2, -0.15) is 0 Å². The summed E-state index contributed by atoms with van der Waals surface area (Å²) in [6, 6.07) is 17.4. The van der Waals surface area contributed by atoms with Crippen LogP contribution in [0.1, 0.15) is 42.5 Å². The zero-order valence-corrected chi connectivity index (χ0v) is 17.0. The van der Waals surface area contributed by atoms with Crippen molar-refractivity contribution in [1.29, 1.82) is 0 Å². The maximum absolute atomic E-state index is 12.5. The fraction of sp³-hybridized carbons (Fsp3) is 0.364. The van der Waals surface area contributed by atoms with Crippen molar-refractivity contribution in [2.24, 2.45) is 11.7 Å². The molecule has 5 nitrogen and oxygen atoms in total. The first kappa shape index (κ1) is 21.9. The normalized spacial score (nSPS) is 15.6. The average Bonchev–Trinajstić information content (AvgIpc) is 3.10. The first-order chi connectivity index (χ1) is 13.0. The maximum atomic E-state index is 12.5. The van der Waals surface area contributed by atoms with E-state index in [-0.39, 0.29) is 36.2 Å². The van der Waals surface area contributed by atoms with E-state index < -0.39 is 0 Å². The van der Waals surface area contributed by atoms with E-state index in [9.17, 15) is 9.59 Å². The van der Waals surface area contributed by atoms with Crippen molar-refractivity contribution < 1.29 is 9.59 Å². The summed E-state index contributed by atoms with van der Waals surface area (Å²) >= 11 is 0. The molecule has 1 fully saturated rings. The van der Waals surface area contributed by atoms with Gasteiger partial charge in [-0.3, -0.25) is 9.59 Å². The smallest absolute Gasteiger partial charge is 0.225 e. The van der Waals surface area contributed by atoms with E-state index in [0.29, 0.717) is 19.5 Å². The van der Waals surface area contributed by atoms with Crippen LogP contribution in [0.15, 0.2) is 54.6 Å². The second-order valence-corrected chi connectivity index (χ2v) is 7.18. The molecule has 0 spiro atoms. The lowest BCUT2D eigenvalue weighted by Gasteiger charge is -2.20. The van der Waals surface area contributed by atoms with Crippen LogP contribution in [0.25, 0.3) is 0 Å². The number of nitrogens with one attached hydrogen (secondary N) is 1. The maximum Gasteiger partial charge on any atom is 0.225 e. The fourth-order valence-electron chi connectivity index (χ4n) is 3.41. The number of amides is 2. The number of likely N-dealkylation sites (tertiary alicyclic amines) is 1. The van der Waals surface area contributed by atoms with Gasteiger partial charge < -0.3 is 16.0 Å². The Balaban J connectivity index is 0.00000280. The Morgan fingerprint density at radius 1 is 1.14 bits per heavy atom. The van der Waals surface area contributed by atoms with E-state index in [2.05, 4.69) is 5.32 Å². The molecule has 2 aromatic rings. The Morgan fingerprint density at radius 3 is 2.54 bits per heavy atom. The monoisotopic (exact) mass is 401 g/mol. The summed E-state index contributed by atoms with van der Waals surface area (Å²) in [6.45, 7) is 3.76. The average molecular weight is 402 g/mol. The molecule has 150 valence electrons. The first-order valence-corrected chi connectivity index (χ1v) is 9.48. The minimum atomic E-state index is -0.335. The van der Waals surface area contributed by atoms with E-state index in [1.807, 2.05) is 66.4 Å². The van der Waals surface area contributed by atoms with Gasteiger partial charge in [0.25, 0.3) is 0 Å². The van der Waals surface area contributed by atoms with Crippen LogP contribution in [-0.4, -0.2) is 23.3 Å². The van der Waals surface area contributed by atoms with Crippen LogP contribution in [0, 0.1) is 5.92 Å². The molecule has 0 aromatic heterocycles. The summed E-state index contributed by atoms with van der Waals surface area (Å²) in [7, 11) is 0. The van der Waals surface area contributed by atoms with Crippen molar-refractivity contribution in [3.05, 3.63) is 71.3 Å². The number of carbonyl (C=O) groups excluding carboxylic acids is 2. The number of rotatable bonds is 7. The number of nitrogens with zero attached hydrogens (tertiary/aromatic N) is 1. The number of benzene rings is 2. The highest BCUT2D eigenvalue weighted by Gasteiger charge is 2.22. The highest BCUT2D eigenvalue weighted by Crippen LogP contribution is 2.19. The molecule has 1 aliphatic heterocycles. The molecule has 2 atom stereocenters. The van der Waals surface area contributed by atoms with Gasteiger partial charge in [-0.1, -0.05) is 61.5 Å². The molecule has 2 aromatic carbocycles. The fourth-order valence-corrected chi connectivity index (χ4v) is 3.41. The standard InChI is InChI=1S/C22H27N3O2.ClH/c1-16(21(23)19-9-3-2-4-10-19)22(27)24-14-17-7-5-8-18(13-17)15-25-12-6-11-20(25)26;/h2-5,7-10,13,16,21H,6,11-12,14-15,23H2,1H3,(H,24,27);1H. The van der Waals surface area contributed by atoms with Crippen LogP contribution in [-0.2, 0) is 22.7 Å². The second kappa shape index (κ2) is 10.2. The number of hydrogen-bond acceptors (Lipinski definition) is 3. The van der Waals surface area contributed by atoms with Crippen molar-refractivity contribution in [3.63, 3.8) is 0 Å². The molecule has 0 aliphatic carbocycles. The molecule has 0 bridgehead atoms. The lowest BCUT2D eigenvalue weighted by Crippen LogP contribution is -2.35. The first-order valence-electron chi connectivity index (χ1n) is 9.48. The minimum Gasteiger partial charge on any atom is -0.352 e. The van der Waals surface area contributed by atoms with E-state index >= 15 is 0 Å². The zero-order valence-electron chi connectivity index (χ0n) is 16.1. The molecule has 1 aliphatic rings. The highest BCUT2D eigenvalue weighted by atomic mass is 35.5. The van der Waals surface area contributed by atoms with Crippen LogP contribution in [0.2, 0.25) is 0 Å². The molecule has 2 amide bonds. The van der Waals surface area contributed by atoms with Crippen molar-refractivity contribution in [1.82, 2.24) is 10.2 Å². The van der Waals surface area contributed by atoms with Gasteiger partial charge in [0, 0.05) is 32.1 Å². The number of nitrogens with two attached hydrogens (primary N) is 1. The Bertz CT molecular complexity index is 797. The third kappa shape index (κ3) is 5.57. The van der Waals surface area contributed by atoms with Gasteiger partial charge in [0.2, 0.25) is 11.8 Å². The minimum absolute atomic E-state index is 0. The van der Waals surface area contributed by atoms with Crippen LogP contribution < -0.4 is 11.1 Å². The van der Waals surface area contributed by atoms with Gasteiger partial charge in [-0.25, -0.2) is 0 Å². The summed E-state index contributed by atoms with van der Waals surface area (Å²) in [5.74, 6) is -0.165. The molecule has 1 heterocycles. The highest BCUT2D eigenvalue weighted by molar-refractivity contribution is 5.85. The topological polar surface area (TPSA) is 75.4 Å². The third-order valence-corrected chi connectivity index (χ3v) is 5.14. The largest absolute Gasteiger partial charge is 0.352 e. The summed E-state index contributed by atoms with van der Waals surface area (Å²) in [5, 5.41) is 2.98.